The lowest BCUT2D eigenvalue weighted by Crippen LogP contribution is -2.34. The van der Waals surface area contributed by atoms with E-state index in [4.69, 9.17) is 11.6 Å². The van der Waals surface area contributed by atoms with E-state index in [1.165, 1.54) is 6.20 Å². The first kappa shape index (κ1) is 17.0. The molecule has 1 aliphatic rings. The number of anilines is 1. The van der Waals surface area contributed by atoms with Crippen molar-refractivity contribution in [1.82, 2.24) is 20.0 Å². The molecule has 1 saturated heterocycles. The van der Waals surface area contributed by atoms with Crippen LogP contribution in [0.1, 0.15) is 12.0 Å². The van der Waals surface area contributed by atoms with Gasteiger partial charge in [0.25, 0.3) is 5.91 Å². The van der Waals surface area contributed by atoms with E-state index in [9.17, 15) is 14.4 Å². The smallest absolute Gasteiger partial charge is 0.325 e. The van der Waals surface area contributed by atoms with Gasteiger partial charge in [0.1, 0.15) is 6.04 Å². The molecule has 0 unspecified atom stereocenters. The highest BCUT2D eigenvalue weighted by molar-refractivity contribution is 6.31. The number of urea groups is 1. The molecule has 4 amide bonds. The summed E-state index contributed by atoms with van der Waals surface area (Å²) in [5, 5.41) is 9.57. The molecule has 3 rings (SSSR count). The van der Waals surface area contributed by atoms with Gasteiger partial charge in [-0.25, -0.2) is 4.79 Å². The lowest BCUT2D eigenvalue weighted by molar-refractivity contribution is -0.130. The summed E-state index contributed by atoms with van der Waals surface area (Å²) in [6.45, 7) is 0.0606. The van der Waals surface area contributed by atoms with Gasteiger partial charge in [-0.2, -0.15) is 5.10 Å². The number of carbonyl (C=O) groups is 3. The lowest BCUT2D eigenvalue weighted by atomic mass is 10.1. The van der Waals surface area contributed by atoms with Crippen LogP contribution in [-0.2, 0) is 23.2 Å². The van der Waals surface area contributed by atoms with Crippen molar-refractivity contribution in [3.63, 3.8) is 0 Å². The molecule has 1 aliphatic heterocycles. The number of nitrogens with zero attached hydrogens (tertiary/aromatic N) is 3. The van der Waals surface area contributed by atoms with Gasteiger partial charge in [-0.1, -0.05) is 29.8 Å². The molecular formula is C16H16ClN5O3. The minimum atomic E-state index is -0.897. The van der Waals surface area contributed by atoms with Crippen molar-refractivity contribution in [2.24, 2.45) is 7.05 Å². The second-order valence-corrected chi connectivity index (χ2v) is 6.08. The number of aromatic nitrogens is 2. The Kier molecular flexibility index (Phi) is 4.71. The number of imide groups is 1. The second-order valence-electron chi connectivity index (χ2n) is 5.67. The molecule has 2 N–H and O–H groups in total. The zero-order valence-electron chi connectivity index (χ0n) is 13.4. The van der Waals surface area contributed by atoms with Crippen molar-refractivity contribution in [3.8, 4) is 0 Å². The minimum absolute atomic E-state index is 0.0606. The number of hydrogen-bond donors (Lipinski definition) is 2. The number of aryl methyl sites for hydroxylation is 1. The van der Waals surface area contributed by atoms with Crippen molar-refractivity contribution >= 4 is 35.1 Å². The minimum Gasteiger partial charge on any atom is -0.325 e. The summed E-state index contributed by atoms with van der Waals surface area (Å²) >= 11 is 6.07. The molecule has 9 heteroatoms. The molecule has 0 saturated carbocycles. The standard InChI is InChI=1S/C16H16ClN5O3/c1-21-9-11(7-18-21)19-14(23)6-13-15(24)22(16(25)20-13)8-10-4-2-3-5-12(10)17/h2-5,7,9,13H,6,8H2,1H3,(H,19,23)(H,20,25)/t13-/m0/s1. The molecule has 1 aromatic heterocycles. The fraction of sp³-hybridized carbons (Fsp3) is 0.250. The maximum Gasteiger partial charge on any atom is 0.325 e. The van der Waals surface area contributed by atoms with Crippen LogP contribution >= 0.6 is 11.6 Å². The molecule has 1 atom stereocenters. The molecule has 1 fully saturated rings. The van der Waals surface area contributed by atoms with E-state index in [0.717, 1.165) is 4.90 Å². The summed E-state index contributed by atoms with van der Waals surface area (Å²) in [5.74, 6) is -0.836. The summed E-state index contributed by atoms with van der Waals surface area (Å²) in [6.07, 6.45) is 2.98. The van der Waals surface area contributed by atoms with Gasteiger partial charge in [0.05, 0.1) is 24.8 Å². The van der Waals surface area contributed by atoms with E-state index in [2.05, 4.69) is 15.7 Å². The normalized spacial score (nSPS) is 16.9. The summed E-state index contributed by atoms with van der Waals surface area (Å²) < 4.78 is 1.55. The van der Waals surface area contributed by atoms with Gasteiger partial charge >= 0.3 is 6.03 Å². The van der Waals surface area contributed by atoms with Crippen molar-refractivity contribution in [1.29, 1.82) is 0 Å². The highest BCUT2D eigenvalue weighted by Crippen LogP contribution is 2.20. The van der Waals surface area contributed by atoms with Crippen LogP contribution in [0.25, 0.3) is 0 Å². The summed E-state index contributed by atoms with van der Waals surface area (Å²) in [4.78, 5) is 37.6. The molecule has 0 radical (unpaired) electrons. The van der Waals surface area contributed by atoms with Gasteiger partial charge in [-0.15, -0.1) is 0 Å². The van der Waals surface area contributed by atoms with Gasteiger partial charge in [0, 0.05) is 18.3 Å². The van der Waals surface area contributed by atoms with E-state index in [-0.39, 0.29) is 18.9 Å². The number of hydrogen-bond acceptors (Lipinski definition) is 4. The van der Waals surface area contributed by atoms with Crippen molar-refractivity contribution in [3.05, 3.63) is 47.2 Å². The third-order valence-corrected chi connectivity index (χ3v) is 4.14. The van der Waals surface area contributed by atoms with Crippen LogP contribution in [0.2, 0.25) is 5.02 Å². The predicted molar refractivity (Wildman–Crippen MR) is 90.8 cm³/mol. The van der Waals surface area contributed by atoms with Crippen LogP contribution in [0, 0.1) is 0 Å². The molecule has 2 aromatic rings. The number of carbonyl (C=O) groups excluding carboxylic acids is 3. The third-order valence-electron chi connectivity index (χ3n) is 3.77. The van der Waals surface area contributed by atoms with Crippen LogP contribution in [-0.4, -0.2) is 38.6 Å². The average molecular weight is 362 g/mol. The van der Waals surface area contributed by atoms with E-state index in [1.807, 2.05) is 0 Å². The first-order chi connectivity index (χ1) is 11.9. The molecule has 25 heavy (non-hydrogen) atoms. The number of amides is 4. The molecule has 0 bridgehead atoms. The van der Waals surface area contributed by atoms with Crippen LogP contribution < -0.4 is 10.6 Å². The average Bonchev–Trinajstić information content (AvgIpc) is 3.07. The predicted octanol–water partition coefficient (Wildman–Crippen LogP) is 1.52. The Hall–Kier alpha value is -2.87. The summed E-state index contributed by atoms with van der Waals surface area (Å²) in [5.41, 5.74) is 1.19. The van der Waals surface area contributed by atoms with Crippen LogP contribution in [0.15, 0.2) is 36.7 Å². The first-order valence-electron chi connectivity index (χ1n) is 7.58. The number of nitrogens with one attached hydrogen (secondary N) is 2. The van der Waals surface area contributed by atoms with Crippen molar-refractivity contribution < 1.29 is 14.4 Å². The highest BCUT2D eigenvalue weighted by Gasteiger charge is 2.39. The topological polar surface area (TPSA) is 96.3 Å². The lowest BCUT2D eigenvalue weighted by Gasteiger charge is -2.14. The van der Waals surface area contributed by atoms with E-state index >= 15 is 0 Å². The SMILES string of the molecule is Cn1cc(NC(=O)C[C@@H]2NC(=O)N(Cc3ccccc3Cl)C2=O)cn1. The van der Waals surface area contributed by atoms with Gasteiger partial charge in [-0.05, 0) is 11.6 Å². The van der Waals surface area contributed by atoms with Crippen molar-refractivity contribution in [2.75, 3.05) is 5.32 Å². The maximum atomic E-state index is 12.4. The van der Waals surface area contributed by atoms with E-state index < -0.39 is 18.0 Å². The molecular weight excluding hydrogens is 346 g/mol. The number of halogens is 1. The summed E-state index contributed by atoms with van der Waals surface area (Å²) in [7, 11) is 1.73. The first-order valence-corrected chi connectivity index (χ1v) is 7.95. The second kappa shape index (κ2) is 6.94. The largest absolute Gasteiger partial charge is 0.325 e. The molecule has 2 heterocycles. The number of benzene rings is 1. The fourth-order valence-electron chi connectivity index (χ4n) is 2.55. The quantitative estimate of drug-likeness (QED) is 0.789. The fourth-order valence-corrected chi connectivity index (χ4v) is 2.74. The Morgan fingerprint density at radius 3 is 2.80 bits per heavy atom. The van der Waals surface area contributed by atoms with Crippen LogP contribution in [0.3, 0.4) is 0 Å². The van der Waals surface area contributed by atoms with Gasteiger partial charge < -0.3 is 10.6 Å². The maximum absolute atomic E-state index is 12.4. The molecule has 0 spiro atoms. The van der Waals surface area contributed by atoms with Crippen molar-refractivity contribution in [2.45, 2.75) is 19.0 Å². The van der Waals surface area contributed by atoms with Crippen LogP contribution in [0.4, 0.5) is 10.5 Å². The Labute approximate surface area is 148 Å². The van der Waals surface area contributed by atoms with E-state index in [1.54, 1.807) is 42.2 Å². The molecule has 8 nitrogen and oxygen atoms in total. The number of rotatable bonds is 5. The highest BCUT2D eigenvalue weighted by atomic mass is 35.5. The summed E-state index contributed by atoms with van der Waals surface area (Å²) in [6, 6.07) is 5.54. The van der Waals surface area contributed by atoms with Gasteiger partial charge in [0.15, 0.2) is 0 Å². The Balaban J connectivity index is 1.62. The monoisotopic (exact) mass is 361 g/mol. The molecule has 130 valence electrons. The Morgan fingerprint density at radius 2 is 2.12 bits per heavy atom. The third kappa shape index (κ3) is 3.80. The van der Waals surface area contributed by atoms with Crippen LogP contribution in [0.5, 0.6) is 0 Å². The molecule has 0 aliphatic carbocycles. The Bertz CT molecular complexity index is 835. The Morgan fingerprint density at radius 1 is 1.36 bits per heavy atom. The zero-order chi connectivity index (χ0) is 18.0. The van der Waals surface area contributed by atoms with Gasteiger partial charge in [0.2, 0.25) is 5.91 Å². The van der Waals surface area contributed by atoms with E-state index in [0.29, 0.717) is 16.3 Å². The van der Waals surface area contributed by atoms with Gasteiger partial charge in [-0.3, -0.25) is 19.2 Å². The zero-order valence-corrected chi connectivity index (χ0v) is 14.2. The molecule has 1 aromatic carbocycles.